The van der Waals surface area contributed by atoms with E-state index in [9.17, 15) is 4.79 Å². The number of aromatic nitrogens is 2. The number of hydrogen-bond donors (Lipinski definition) is 1. The maximum atomic E-state index is 12.7. The van der Waals surface area contributed by atoms with E-state index < -0.39 is 0 Å². The van der Waals surface area contributed by atoms with Gasteiger partial charge in [-0.1, -0.05) is 11.6 Å². The molecule has 5 rings (SSSR count). The number of thioether (sulfide) groups is 1. The lowest BCUT2D eigenvalue weighted by molar-refractivity contribution is 0.0924. The lowest BCUT2D eigenvalue weighted by Crippen LogP contribution is -2.37. The molecule has 3 aromatic rings. The third-order valence-electron chi connectivity index (χ3n) is 5.59. The predicted molar refractivity (Wildman–Crippen MR) is 115 cm³/mol. The minimum Gasteiger partial charge on any atom is -0.440 e. The Kier molecular flexibility index (Phi) is 5.22. The first-order chi connectivity index (χ1) is 14.1. The van der Waals surface area contributed by atoms with Crippen molar-refractivity contribution in [3.63, 3.8) is 0 Å². The summed E-state index contributed by atoms with van der Waals surface area (Å²) < 4.78 is 5.93. The molecule has 5 nitrogen and oxygen atoms in total. The maximum Gasteiger partial charge on any atom is 0.251 e. The van der Waals surface area contributed by atoms with Crippen molar-refractivity contribution in [2.24, 2.45) is 0 Å². The van der Waals surface area contributed by atoms with Gasteiger partial charge in [-0.2, -0.15) is 0 Å². The molecule has 0 aliphatic heterocycles. The van der Waals surface area contributed by atoms with Gasteiger partial charge in [0.15, 0.2) is 11.5 Å². The molecular formula is C22H22ClN3O2S. The van der Waals surface area contributed by atoms with Gasteiger partial charge in [-0.05, 0) is 68.9 Å². The van der Waals surface area contributed by atoms with Gasteiger partial charge in [-0.25, -0.2) is 9.97 Å². The van der Waals surface area contributed by atoms with Crippen molar-refractivity contribution in [3.05, 3.63) is 53.0 Å². The van der Waals surface area contributed by atoms with Crippen molar-refractivity contribution in [1.82, 2.24) is 15.3 Å². The SMILES string of the molecule is O=C(NC1CCC(c2nc3cc(Cl)ccc3o2)CC1)c1ccnc(SC2CC2)c1. The van der Waals surface area contributed by atoms with Crippen molar-refractivity contribution in [2.75, 3.05) is 0 Å². The first kappa shape index (κ1) is 18.9. The summed E-state index contributed by atoms with van der Waals surface area (Å²) in [7, 11) is 0. The second-order valence-corrected chi connectivity index (χ2v) is 9.64. The van der Waals surface area contributed by atoms with Gasteiger partial charge in [-0.15, -0.1) is 11.8 Å². The number of pyridine rings is 1. The summed E-state index contributed by atoms with van der Waals surface area (Å²) in [4.78, 5) is 21.7. The van der Waals surface area contributed by atoms with Crippen LogP contribution in [0, 0.1) is 0 Å². The van der Waals surface area contributed by atoms with Gasteiger partial charge in [0, 0.05) is 34.0 Å². The van der Waals surface area contributed by atoms with Crippen LogP contribution in [0.3, 0.4) is 0 Å². The summed E-state index contributed by atoms with van der Waals surface area (Å²) in [6.45, 7) is 0. The van der Waals surface area contributed by atoms with E-state index in [1.54, 1.807) is 24.0 Å². The molecule has 0 unspecified atom stereocenters. The number of fused-ring (bicyclic) bond motifs is 1. The van der Waals surface area contributed by atoms with Crippen molar-refractivity contribution in [3.8, 4) is 0 Å². The zero-order valence-corrected chi connectivity index (χ0v) is 17.5. The lowest BCUT2D eigenvalue weighted by atomic mass is 9.86. The highest BCUT2D eigenvalue weighted by atomic mass is 35.5. The van der Waals surface area contributed by atoms with Gasteiger partial charge in [0.25, 0.3) is 5.91 Å². The van der Waals surface area contributed by atoms with Gasteiger partial charge >= 0.3 is 0 Å². The largest absolute Gasteiger partial charge is 0.440 e. The van der Waals surface area contributed by atoms with E-state index in [1.165, 1.54) is 12.8 Å². The molecule has 0 saturated heterocycles. The van der Waals surface area contributed by atoms with Crippen LogP contribution in [0.15, 0.2) is 46.0 Å². The van der Waals surface area contributed by atoms with E-state index in [2.05, 4.69) is 15.3 Å². The molecule has 2 fully saturated rings. The molecule has 1 aromatic carbocycles. The van der Waals surface area contributed by atoms with Crippen molar-refractivity contribution in [1.29, 1.82) is 0 Å². The molecule has 2 aliphatic rings. The van der Waals surface area contributed by atoms with Gasteiger partial charge in [0.2, 0.25) is 0 Å². The van der Waals surface area contributed by atoms with Crippen LogP contribution in [0.4, 0.5) is 0 Å². The normalized spacial score (nSPS) is 22.0. The number of nitrogens with one attached hydrogen (secondary N) is 1. The third kappa shape index (κ3) is 4.43. The van der Waals surface area contributed by atoms with E-state index in [4.69, 9.17) is 16.0 Å². The monoisotopic (exact) mass is 427 g/mol. The minimum atomic E-state index is -0.00926. The Bertz CT molecular complexity index is 1040. The van der Waals surface area contributed by atoms with Gasteiger partial charge in [-0.3, -0.25) is 4.79 Å². The quantitative estimate of drug-likeness (QED) is 0.575. The fourth-order valence-electron chi connectivity index (χ4n) is 3.82. The highest BCUT2D eigenvalue weighted by molar-refractivity contribution is 8.00. The topological polar surface area (TPSA) is 68.0 Å². The predicted octanol–water partition coefficient (Wildman–Crippen LogP) is 5.59. The lowest BCUT2D eigenvalue weighted by Gasteiger charge is -2.27. The molecular weight excluding hydrogens is 406 g/mol. The van der Waals surface area contributed by atoms with E-state index >= 15 is 0 Å². The molecule has 1 N–H and O–H groups in total. The average Bonchev–Trinajstić information content (AvgIpc) is 3.44. The number of nitrogens with zero attached hydrogens (tertiary/aromatic N) is 2. The Labute approximate surface area is 178 Å². The van der Waals surface area contributed by atoms with Crippen LogP contribution < -0.4 is 5.32 Å². The Hall–Kier alpha value is -2.05. The fourth-order valence-corrected chi connectivity index (χ4v) is 5.01. The highest BCUT2D eigenvalue weighted by Crippen LogP contribution is 2.38. The van der Waals surface area contributed by atoms with Gasteiger partial charge < -0.3 is 9.73 Å². The molecule has 1 amide bonds. The fraction of sp³-hybridized carbons (Fsp3) is 0.409. The van der Waals surface area contributed by atoms with Crippen molar-refractivity contribution in [2.45, 2.75) is 60.8 Å². The summed E-state index contributed by atoms with van der Waals surface area (Å²) in [5.41, 5.74) is 2.28. The average molecular weight is 428 g/mol. The molecule has 0 atom stereocenters. The van der Waals surface area contributed by atoms with Crippen LogP contribution >= 0.6 is 23.4 Å². The van der Waals surface area contributed by atoms with E-state index in [0.717, 1.165) is 47.7 Å². The number of benzene rings is 1. The molecule has 0 bridgehead atoms. The summed E-state index contributed by atoms with van der Waals surface area (Å²) in [5, 5.41) is 5.48. The molecule has 0 radical (unpaired) electrons. The second-order valence-electron chi connectivity index (χ2n) is 7.89. The molecule has 150 valence electrons. The van der Waals surface area contributed by atoms with E-state index in [1.807, 2.05) is 24.3 Å². The molecule has 2 saturated carbocycles. The Morgan fingerprint density at radius 3 is 2.72 bits per heavy atom. The van der Waals surface area contributed by atoms with Crippen LogP contribution in [-0.4, -0.2) is 27.2 Å². The van der Waals surface area contributed by atoms with Gasteiger partial charge in [0.1, 0.15) is 5.52 Å². The molecule has 29 heavy (non-hydrogen) atoms. The first-order valence-electron chi connectivity index (χ1n) is 10.1. The van der Waals surface area contributed by atoms with E-state index in [0.29, 0.717) is 15.8 Å². The molecule has 7 heteroatoms. The van der Waals surface area contributed by atoms with Gasteiger partial charge in [0.05, 0.1) is 5.03 Å². The number of hydrogen-bond acceptors (Lipinski definition) is 5. The molecule has 2 aromatic heterocycles. The number of amides is 1. The zero-order chi connectivity index (χ0) is 19.8. The number of oxazole rings is 1. The molecule has 0 spiro atoms. The number of rotatable bonds is 5. The molecule has 2 heterocycles. The van der Waals surface area contributed by atoms with Crippen LogP contribution in [0.2, 0.25) is 5.02 Å². The Morgan fingerprint density at radius 2 is 1.93 bits per heavy atom. The third-order valence-corrected chi connectivity index (χ3v) is 7.09. The smallest absolute Gasteiger partial charge is 0.251 e. The number of carbonyl (C=O) groups excluding carboxylic acids is 1. The first-order valence-corrected chi connectivity index (χ1v) is 11.4. The summed E-state index contributed by atoms with van der Waals surface area (Å²) in [6, 6.07) is 9.41. The summed E-state index contributed by atoms with van der Waals surface area (Å²) in [6.07, 6.45) is 7.97. The Morgan fingerprint density at radius 1 is 1.10 bits per heavy atom. The summed E-state index contributed by atoms with van der Waals surface area (Å²) >= 11 is 7.81. The standard InChI is InChI=1S/C22H22ClN3O2S/c23-15-3-8-19-18(12-15)26-22(28-19)13-1-4-16(5-2-13)25-21(27)14-9-10-24-20(11-14)29-17-6-7-17/h3,8-13,16-17H,1-2,4-7H2,(H,25,27). The van der Waals surface area contributed by atoms with Crippen LogP contribution in [0.25, 0.3) is 11.1 Å². The zero-order valence-electron chi connectivity index (χ0n) is 15.9. The Balaban J connectivity index is 1.18. The number of halogens is 1. The highest BCUT2D eigenvalue weighted by Gasteiger charge is 2.27. The minimum absolute atomic E-state index is 0.00926. The van der Waals surface area contributed by atoms with Crippen LogP contribution in [-0.2, 0) is 0 Å². The van der Waals surface area contributed by atoms with Crippen LogP contribution in [0.1, 0.15) is 60.7 Å². The number of carbonyl (C=O) groups is 1. The molecule has 2 aliphatic carbocycles. The maximum absolute atomic E-state index is 12.7. The summed E-state index contributed by atoms with van der Waals surface area (Å²) in [5.74, 6) is 1.06. The second kappa shape index (κ2) is 8.00. The van der Waals surface area contributed by atoms with Crippen molar-refractivity contribution >= 4 is 40.4 Å². The van der Waals surface area contributed by atoms with E-state index in [-0.39, 0.29) is 17.9 Å². The van der Waals surface area contributed by atoms with Crippen molar-refractivity contribution < 1.29 is 9.21 Å². The van der Waals surface area contributed by atoms with Crippen LogP contribution in [0.5, 0.6) is 0 Å².